The summed E-state index contributed by atoms with van der Waals surface area (Å²) in [6, 6.07) is 10.3. The zero-order valence-corrected chi connectivity index (χ0v) is 17.5. The third kappa shape index (κ3) is 4.16. The van der Waals surface area contributed by atoms with E-state index in [-0.39, 0.29) is 17.4 Å². The Labute approximate surface area is 175 Å². The van der Waals surface area contributed by atoms with Crippen molar-refractivity contribution in [1.29, 1.82) is 0 Å². The highest BCUT2D eigenvalue weighted by molar-refractivity contribution is 6.28. The molecule has 7 nitrogen and oxygen atoms in total. The Morgan fingerprint density at radius 1 is 1.17 bits per heavy atom. The number of amides is 1. The van der Waals surface area contributed by atoms with Crippen molar-refractivity contribution in [2.45, 2.75) is 45.4 Å². The molecule has 1 N–H and O–H groups in total. The highest BCUT2D eigenvalue weighted by Gasteiger charge is 2.35. The van der Waals surface area contributed by atoms with Gasteiger partial charge < -0.3 is 14.9 Å². The van der Waals surface area contributed by atoms with E-state index >= 15 is 0 Å². The highest BCUT2D eigenvalue weighted by Crippen LogP contribution is 2.31. The van der Waals surface area contributed by atoms with Crippen LogP contribution in [0, 0.1) is 0 Å². The van der Waals surface area contributed by atoms with E-state index in [9.17, 15) is 9.90 Å². The van der Waals surface area contributed by atoms with E-state index in [0.29, 0.717) is 13.1 Å². The summed E-state index contributed by atoms with van der Waals surface area (Å²) >= 11 is 6.26. The van der Waals surface area contributed by atoms with Gasteiger partial charge in [0.1, 0.15) is 5.82 Å². The summed E-state index contributed by atoms with van der Waals surface area (Å²) in [5, 5.41) is 9.71. The summed E-state index contributed by atoms with van der Waals surface area (Å²) in [4.78, 5) is 26.7. The summed E-state index contributed by atoms with van der Waals surface area (Å²) in [5.74, 6) is 0.849. The molecule has 154 valence electrons. The van der Waals surface area contributed by atoms with Crippen molar-refractivity contribution in [2.75, 3.05) is 24.5 Å². The third-order valence-corrected chi connectivity index (χ3v) is 6.01. The van der Waals surface area contributed by atoms with E-state index in [0.717, 1.165) is 43.1 Å². The Hall–Kier alpha value is -2.38. The first-order chi connectivity index (χ1) is 13.9. The zero-order valence-electron chi connectivity index (χ0n) is 16.8. The molecule has 0 saturated carbocycles. The third-order valence-electron chi connectivity index (χ3n) is 5.84. The van der Waals surface area contributed by atoms with Crippen LogP contribution in [0.15, 0.2) is 30.3 Å². The fraction of sp³-hybridized carbons (Fsp3) is 0.476. The Morgan fingerprint density at radius 3 is 2.66 bits per heavy atom. The maximum Gasteiger partial charge on any atom is 0.407 e. The minimum absolute atomic E-state index is 0.0156. The predicted octanol–water partition coefficient (Wildman–Crippen LogP) is 3.27. The molecule has 1 fully saturated rings. The molecule has 2 aromatic rings. The van der Waals surface area contributed by atoms with Crippen LogP contribution in [0.3, 0.4) is 0 Å². The minimum Gasteiger partial charge on any atom is -0.465 e. The lowest BCUT2D eigenvalue weighted by atomic mass is 10.0. The molecule has 0 unspecified atom stereocenters. The van der Waals surface area contributed by atoms with E-state index in [1.807, 2.05) is 19.9 Å². The number of nitrogens with zero attached hydrogens (tertiary/aromatic N) is 5. The molecule has 3 heterocycles. The molecule has 1 aromatic carbocycles. The van der Waals surface area contributed by atoms with Crippen molar-refractivity contribution in [1.82, 2.24) is 19.8 Å². The van der Waals surface area contributed by atoms with Crippen LogP contribution in [0.5, 0.6) is 0 Å². The van der Waals surface area contributed by atoms with E-state index in [4.69, 9.17) is 11.6 Å². The molecule has 1 aromatic heterocycles. The number of piperazine rings is 1. The Balaban J connectivity index is 1.61. The molecule has 2 aliphatic rings. The van der Waals surface area contributed by atoms with Crippen LogP contribution in [0.4, 0.5) is 10.6 Å². The molecule has 0 radical (unpaired) electrons. The van der Waals surface area contributed by atoms with Crippen molar-refractivity contribution < 1.29 is 9.90 Å². The number of halogens is 1. The number of fused-ring (bicyclic) bond motifs is 1. The predicted molar refractivity (Wildman–Crippen MR) is 112 cm³/mol. The SMILES string of the molecule is C[C@@H]1CN(c2nc(Cl)nc3c2CN(Cc2ccccc2)CC3)[C@@H](C)CN1C(=O)O. The summed E-state index contributed by atoms with van der Waals surface area (Å²) in [6.07, 6.45) is -0.0445. The molecule has 8 heteroatoms. The lowest BCUT2D eigenvalue weighted by Crippen LogP contribution is -2.58. The van der Waals surface area contributed by atoms with Gasteiger partial charge in [0, 0.05) is 56.8 Å². The lowest BCUT2D eigenvalue weighted by Gasteiger charge is -2.44. The van der Waals surface area contributed by atoms with Gasteiger partial charge in [0.2, 0.25) is 5.28 Å². The first-order valence-corrected chi connectivity index (χ1v) is 10.4. The van der Waals surface area contributed by atoms with E-state index in [1.54, 1.807) is 0 Å². The second-order valence-corrected chi connectivity index (χ2v) is 8.31. The summed E-state index contributed by atoms with van der Waals surface area (Å²) in [6.45, 7) is 7.57. The Morgan fingerprint density at radius 2 is 1.93 bits per heavy atom. The van der Waals surface area contributed by atoms with Gasteiger partial charge in [-0.2, -0.15) is 0 Å². The number of hydrogen-bond acceptors (Lipinski definition) is 5. The van der Waals surface area contributed by atoms with E-state index in [1.165, 1.54) is 10.5 Å². The second kappa shape index (κ2) is 8.16. The van der Waals surface area contributed by atoms with Crippen LogP contribution >= 0.6 is 11.6 Å². The van der Waals surface area contributed by atoms with Crippen LogP contribution in [-0.4, -0.2) is 62.7 Å². The topological polar surface area (TPSA) is 72.8 Å². The van der Waals surface area contributed by atoms with Crippen molar-refractivity contribution in [3.8, 4) is 0 Å². The highest BCUT2D eigenvalue weighted by atomic mass is 35.5. The number of hydrogen-bond donors (Lipinski definition) is 1. The van der Waals surface area contributed by atoms with Gasteiger partial charge in [-0.1, -0.05) is 30.3 Å². The molecule has 1 amide bonds. The number of aromatic nitrogens is 2. The number of carbonyl (C=O) groups is 1. The summed E-state index contributed by atoms with van der Waals surface area (Å²) in [5.41, 5.74) is 3.40. The quantitative estimate of drug-likeness (QED) is 0.775. The van der Waals surface area contributed by atoms with Crippen LogP contribution in [0.25, 0.3) is 0 Å². The Kier molecular flexibility index (Phi) is 5.61. The van der Waals surface area contributed by atoms with E-state index < -0.39 is 6.09 Å². The van der Waals surface area contributed by atoms with Crippen molar-refractivity contribution in [2.24, 2.45) is 0 Å². The molecular formula is C21H26ClN5O2. The van der Waals surface area contributed by atoms with Gasteiger partial charge in [-0.05, 0) is 31.0 Å². The summed E-state index contributed by atoms with van der Waals surface area (Å²) in [7, 11) is 0. The van der Waals surface area contributed by atoms with Crippen molar-refractivity contribution in [3.05, 3.63) is 52.4 Å². The van der Waals surface area contributed by atoms with Gasteiger partial charge in [0.05, 0.1) is 5.69 Å². The van der Waals surface area contributed by atoms with Crippen LogP contribution < -0.4 is 4.90 Å². The van der Waals surface area contributed by atoms with Gasteiger partial charge in [-0.15, -0.1) is 0 Å². The molecular weight excluding hydrogens is 390 g/mol. The average Bonchev–Trinajstić information content (AvgIpc) is 2.69. The Bertz CT molecular complexity index is 894. The smallest absolute Gasteiger partial charge is 0.407 e. The first kappa shape index (κ1) is 19.9. The van der Waals surface area contributed by atoms with Crippen molar-refractivity contribution in [3.63, 3.8) is 0 Å². The largest absolute Gasteiger partial charge is 0.465 e. The average molecular weight is 416 g/mol. The number of carboxylic acid groups (broad SMARTS) is 1. The van der Waals surface area contributed by atoms with Crippen LogP contribution in [-0.2, 0) is 19.5 Å². The second-order valence-electron chi connectivity index (χ2n) is 7.97. The number of rotatable bonds is 3. The van der Waals surface area contributed by atoms with Crippen molar-refractivity contribution >= 4 is 23.5 Å². The first-order valence-electron chi connectivity index (χ1n) is 10.00. The van der Waals surface area contributed by atoms with E-state index in [2.05, 4.69) is 44.0 Å². The fourth-order valence-corrected chi connectivity index (χ4v) is 4.51. The number of anilines is 1. The molecule has 0 spiro atoms. The van der Waals surface area contributed by atoms with Crippen LogP contribution in [0.1, 0.15) is 30.7 Å². The molecule has 2 aliphatic heterocycles. The lowest BCUT2D eigenvalue weighted by molar-refractivity contribution is 0.114. The molecule has 1 saturated heterocycles. The molecule has 0 bridgehead atoms. The van der Waals surface area contributed by atoms with Gasteiger partial charge >= 0.3 is 6.09 Å². The van der Waals surface area contributed by atoms with Gasteiger partial charge in [-0.25, -0.2) is 14.8 Å². The molecule has 2 atom stereocenters. The molecule has 29 heavy (non-hydrogen) atoms. The zero-order chi connectivity index (χ0) is 20.5. The maximum atomic E-state index is 11.5. The normalized spacial score (nSPS) is 22.4. The van der Waals surface area contributed by atoms with Gasteiger partial charge in [0.15, 0.2) is 0 Å². The summed E-state index contributed by atoms with van der Waals surface area (Å²) < 4.78 is 0. The fourth-order valence-electron chi connectivity index (χ4n) is 4.33. The molecule has 0 aliphatic carbocycles. The molecule has 4 rings (SSSR count). The van der Waals surface area contributed by atoms with Gasteiger partial charge in [-0.3, -0.25) is 4.90 Å². The monoisotopic (exact) mass is 415 g/mol. The van der Waals surface area contributed by atoms with Crippen LogP contribution in [0.2, 0.25) is 5.28 Å². The minimum atomic E-state index is -0.874. The maximum absolute atomic E-state index is 11.5. The van der Waals surface area contributed by atoms with Gasteiger partial charge in [0.25, 0.3) is 0 Å². The number of benzene rings is 1. The standard InChI is InChI=1S/C21H26ClN5O2/c1-14-11-27(21(28)29)15(2)10-26(14)19-17-13-25(12-16-6-4-3-5-7-16)9-8-18(17)23-20(22)24-19/h3-7,14-15H,8-13H2,1-2H3,(H,28,29)/t14-,15+/m0/s1.